The summed E-state index contributed by atoms with van der Waals surface area (Å²) in [7, 11) is 0. The van der Waals surface area contributed by atoms with Gasteiger partial charge in [0, 0.05) is 35.5 Å². The first-order chi connectivity index (χ1) is 11.1. The molecule has 0 saturated heterocycles. The van der Waals surface area contributed by atoms with Gasteiger partial charge in [0.25, 0.3) is 5.69 Å². The number of non-ortho nitro benzene ring substituents is 1. The van der Waals surface area contributed by atoms with Crippen molar-refractivity contribution in [2.45, 2.75) is 13.0 Å². The number of nitro benzene ring substituents is 1. The minimum atomic E-state index is -0.402. The SMILES string of the molecule is O=[N+]([O-])c1ccc2cnn(CCCOc3ccc(Cl)cc3)c2c1. The van der Waals surface area contributed by atoms with Crippen molar-refractivity contribution >= 4 is 28.2 Å². The fraction of sp³-hybridized carbons (Fsp3) is 0.188. The first-order valence-corrected chi connectivity index (χ1v) is 7.49. The number of rotatable bonds is 6. The van der Waals surface area contributed by atoms with Gasteiger partial charge in [0.15, 0.2) is 0 Å². The number of hydrogen-bond donors (Lipinski definition) is 0. The molecule has 3 aromatic rings. The molecule has 0 atom stereocenters. The van der Waals surface area contributed by atoms with E-state index in [1.807, 2.05) is 12.1 Å². The van der Waals surface area contributed by atoms with Gasteiger partial charge >= 0.3 is 0 Å². The normalized spacial score (nSPS) is 10.8. The molecule has 7 heteroatoms. The van der Waals surface area contributed by atoms with E-state index in [9.17, 15) is 10.1 Å². The third kappa shape index (κ3) is 3.60. The van der Waals surface area contributed by atoms with Crippen LogP contribution < -0.4 is 4.74 Å². The molecule has 6 nitrogen and oxygen atoms in total. The topological polar surface area (TPSA) is 70.2 Å². The second-order valence-corrected chi connectivity index (χ2v) is 5.46. The third-order valence-corrected chi connectivity index (χ3v) is 3.69. The quantitative estimate of drug-likeness (QED) is 0.388. The molecule has 0 bridgehead atoms. The lowest BCUT2D eigenvalue weighted by Crippen LogP contribution is -2.05. The van der Waals surface area contributed by atoms with E-state index in [4.69, 9.17) is 16.3 Å². The number of aryl methyl sites for hydroxylation is 1. The zero-order valence-corrected chi connectivity index (χ0v) is 12.9. The molecule has 0 amide bonds. The molecule has 0 aliphatic carbocycles. The number of halogens is 1. The van der Waals surface area contributed by atoms with Gasteiger partial charge in [0.1, 0.15) is 5.75 Å². The van der Waals surface area contributed by atoms with E-state index in [-0.39, 0.29) is 5.69 Å². The average Bonchev–Trinajstić information content (AvgIpc) is 2.95. The highest BCUT2D eigenvalue weighted by molar-refractivity contribution is 6.30. The Morgan fingerprint density at radius 2 is 2.00 bits per heavy atom. The molecule has 0 N–H and O–H groups in total. The molecule has 0 radical (unpaired) electrons. The minimum Gasteiger partial charge on any atom is -0.494 e. The fourth-order valence-corrected chi connectivity index (χ4v) is 2.41. The molecular formula is C16H14ClN3O3. The third-order valence-electron chi connectivity index (χ3n) is 3.44. The van der Waals surface area contributed by atoms with Gasteiger partial charge in [-0.2, -0.15) is 5.10 Å². The van der Waals surface area contributed by atoms with Crippen LogP contribution in [0.2, 0.25) is 5.02 Å². The van der Waals surface area contributed by atoms with E-state index in [2.05, 4.69) is 5.10 Å². The fourth-order valence-electron chi connectivity index (χ4n) is 2.29. The lowest BCUT2D eigenvalue weighted by Gasteiger charge is -2.07. The Labute approximate surface area is 137 Å². The number of aromatic nitrogens is 2. The van der Waals surface area contributed by atoms with Crippen molar-refractivity contribution in [1.29, 1.82) is 0 Å². The summed E-state index contributed by atoms with van der Waals surface area (Å²) in [5.74, 6) is 0.760. The van der Waals surface area contributed by atoms with Crippen molar-refractivity contribution in [3.8, 4) is 5.75 Å². The van der Waals surface area contributed by atoms with E-state index >= 15 is 0 Å². The van der Waals surface area contributed by atoms with E-state index in [1.165, 1.54) is 6.07 Å². The molecule has 0 unspecified atom stereocenters. The van der Waals surface area contributed by atoms with Crippen LogP contribution in [0.5, 0.6) is 5.75 Å². The molecule has 1 aromatic heterocycles. The van der Waals surface area contributed by atoms with Crippen LogP contribution in [0.25, 0.3) is 10.9 Å². The highest BCUT2D eigenvalue weighted by Gasteiger charge is 2.10. The molecule has 2 aromatic carbocycles. The van der Waals surface area contributed by atoms with Crippen molar-refractivity contribution in [3.05, 3.63) is 63.8 Å². The molecule has 0 spiro atoms. The summed E-state index contributed by atoms with van der Waals surface area (Å²) in [4.78, 5) is 10.5. The molecule has 0 saturated carbocycles. The number of nitro groups is 1. The molecule has 0 fully saturated rings. The van der Waals surface area contributed by atoms with E-state index < -0.39 is 4.92 Å². The second-order valence-electron chi connectivity index (χ2n) is 5.02. The summed E-state index contributed by atoms with van der Waals surface area (Å²) in [6.45, 7) is 1.15. The van der Waals surface area contributed by atoms with Crippen LogP contribution in [0.4, 0.5) is 5.69 Å². The molecule has 0 aliphatic rings. The van der Waals surface area contributed by atoms with Crippen LogP contribution >= 0.6 is 11.6 Å². The van der Waals surface area contributed by atoms with E-state index in [0.717, 1.165) is 23.1 Å². The van der Waals surface area contributed by atoms with Crippen LogP contribution in [-0.4, -0.2) is 21.3 Å². The summed E-state index contributed by atoms with van der Waals surface area (Å²) in [6.07, 6.45) is 2.45. The maximum Gasteiger partial charge on any atom is 0.271 e. The Bertz CT molecular complexity index is 830. The summed E-state index contributed by atoms with van der Waals surface area (Å²) >= 11 is 5.82. The molecule has 0 aliphatic heterocycles. The molecular weight excluding hydrogens is 318 g/mol. The summed E-state index contributed by atoms with van der Waals surface area (Å²) in [5, 5.41) is 16.7. The Morgan fingerprint density at radius 1 is 1.22 bits per heavy atom. The monoisotopic (exact) mass is 331 g/mol. The minimum absolute atomic E-state index is 0.0664. The van der Waals surface area contributed by atoms with Crippen molar-refractivity contribution in [2.75, 3.05) is 6.61 Å². The number of nitrogens with zero attached hydrogens (tertiary/aromatic N) is 3. The molecule has 3 rings (SSSR count). The first kappa shape index (κ1) is 15.3. The van der Waals surface area contributed by atoms with Crippen molar-refractivity contribution in [3.63, 3.8) is 0 Å². The molecule has 118 valence electrons. The maximum absolute atomic E-state index is 10.9. The van der Waals surface area contributed by atoms with Crippen LogP contribution in [0.1, 0.15) is 6.42 Å². The molecule has 1 heterocycles. The average molecular weight is 332 g/mol. The maximum atomic E-state index is 10.9. The zero-order valence-electron chi connectivity index (χ0n) is 12.2. The summed E-state index contributed by atoms with van der Waals surface area (Å²) < 4.78 is 7.38. The van der Waals surface area contributed by atoms with Crippen molar-refractivity contribution in [2.24, 2.45) is 0 Å². The van der Waals surface area contributed by atoms with Gasteiger partial charge < -0.3 is 4.74 Å². The Balaban J connectivity index is 1.61. The highest BCUT2D eigenvalue weighted by atomic mass is 35.5. The number of benzene rings is 2. The standard InChI is InChI=1S/C16H14ClN3O3/c17-13-3-6-15(7-4-13)23-9-1-8-19-16-10-14(20(21)22)5-2-12(16)11-18-19/h2-7,10-11H,1,8-9H2. The van der Waals surface area contributed by atoms with Gasteiger partial charge in [0.2, 0.25) is 0 Å². The van der Waals surface area contributed by atoms with Crippen LogP contribution in [-0.2, 0) is 6.54 Å². The van der Waals surface area contributed by atoms with Crippen LogP contribution in [0.3, 0.4) is 0 Å². The predicted octanol–water partition coefficient (Wildman–Crippen LogP) is 4.07. The number of fused-ring (bicyclic) bond motifs is 1. The van der Waals surface area contributed by atoms with Crippen LogP contribution in [0.15, 0.2) is 48.7 Å². The van der Waals surface area contributed by atoms with E-state index in [1.54, 1.807) is 35.1 Å². The Morgan fingerprint density at radius 3 is 2.74 bits per heavy atom. The smallest absolute Gasteiger partial charge is 0.271 e. The highest BCUT2D eigenvalue weighted by Crippen LogP contribution is 2.21. The van der Waals surface area contributed by atoms with Crippen LogP contribution in [0, 0.1) is 10.1 Å². The Hall–Kier alpha value is -2.60. The van der Waals surface area contributed by atoms with Crippen molar-refractivity contribution < 1.29 is 9.66 Å². The second kappa shape index (κ2) is 6.66. The largest absolute Gasteiger partial charge is 0.494 e. The van der Waals surface area contributed by atoms with Gasteiger partial charge in [-0.1, -0.05) is 11.6 Å². The van der Waals surface area contributed by atoms with Gasteiger partial charge in [-0.15, -0.1) is 0 Å². The number of ether oxygens (including phenoxy) is 1. The summed E-state index contributed by atoms with van der Waals surface area (Å²) in [5.41, 5.74) is 0.822. The number of hydrogen-bond acceptors (Lipinski definition) is 4. The zero-order chi connectivity index (χ0) is 16.2. The van der Waals surface area contributed by atoms with E-state index in [0.29, 0.717) is 18.2 Å². The van der Waals surface area contributed by atoms with Crippen molar-refractivity contribution in [1.82, 2.24) is 9.78 Å². The predicted molar refractivity (Wildman–Crippen MR) is 88.0 cm³/mol. The lowest BCUT2D eigenvalue weighted by molar-refractivity contribution is -0.384. The Kier molecular flexibility index (Phi) is 4.43. The van der Waals surface area contributed by atoms with Gasteiger partial charge in [0.05, 0.1) is 23.2 Å². The molecule has 23 heavy (non-hydrogen) atoms. The summed E-state index contributed by atoms with van der Waals surface area (Å²) in [6, 6.07) is 11.9. The van der Waals surface area contributed by atoms with Gasteiger partial charge in [-0.3, -0.25) is 14.8 Å². The van der Waals surface area contributed by atoms with Gasteiger partial charge in [-0.25, -0.2) is 0 Å². The first-order valence-electron chi connectivity index (χ1n) is 7.12. The van der Waals surface area contributed by atoms with Gasteiger partial charge in [-0.05, 0) is 30.3 Å². The lowest BCUT2D eigenvalue weighted by atomic mass is 10.2.